The number of nitrogens with one attached hydrogen (secondary N) is 2. The molecule has 0 atom stereocenters. The smallest absolute Gasteiger partial charge is 0.254 e. The topological polar surface area (TPSA) is 66.9 Å². The largest absolute Gasteiger partial charge is 0.349 e. The molecule has 3 rings (SSSR count). The molecule has 2 aromatic rings. The summed E-state index contributed by atoms with van der Waals surface area (Å²) in [4.78, 5) is 20.8. The first kappa shape index (κ1) is 16.4. The summed E-state index contributed by atoms with van der Waals surface area (Å²) in [7, 11) is 0. The number of rotatable bonds is 5. The molecule has 1 heterocycles. The van der Waals surface area contributed by atoms with Gasteiger partial charge in [0.25, 0.3) is 5.91 Å². The number of benzene rings is 1. The number of amides is 1. The molecule has 1 aliphatic rings. The molecular weight excluding hydrogens is 300 g/mol. The van der Waals surface area contributed by atoms with E-state index in [1.54, 1.807) is 12.4 Å². The zero-order chi connectivity index (χ0) is 16.8. The number of hydrogen-bond donors (Lipinski definition) is 2. The van der Waals surface area contributed by atoms with E-state index in [-0.39, 0.29) is 5.91 Å². The molecule has 0 unspecified atom stereocenters. The van der Waals surface area contributed by atoms with Crippen LogP contribution in [-0.4, -0.2) is 21.9 Å². The SMILES string of the molecule is CCc1ccccc1Nc1ncc(C(=O)NC2CCCCC2)cn1. The van der Waals surface area contributed by atoms with Gasteiger partial charge in [-0.25, -0.2) is 9.97 Å². The van der Waals surface area contributed by atoms with E-state index in [4.69, 9.17) is 0 Å². The molecule has 0 spiro atoms. The van der Waals surface area contributed by atoms with Crippen LogP contribution in [0.15, 0.2) is 36.7 Å². The van der Waals surface area contributed by atoms with Crippen molar-refractivity contribution in [2.45, 2.75) is 51.5 Å². The summed E-state index contributed by atoms with van der Waals surface area (Å²) < 4.78 is 0. The standard InChI is InChI=1S/C19H24N4O/c1-2-14-8-6-7-11-17(14)23-19-20-12-15(13-21-19)18(24)22-16-9-4-3-5-10-16/h6-8,11-13,16H,2-5,9-10H2,1H3,(H,22,24)(H,20,21,23). The Balaban J connectivity index is 1.63. The first-order valence-corrected chi connectivity index (χ1v) is 8.74. The van der Waals surface area contributed by atoms with E-state index in [1.807, 2.05) is 18.2 Å². The van der Waals surface area contributed by atoms with Crippen LogP contribution in [0, 0.1) is 0 Å². The summed E-state index contributed by atoms with van der Waals surface area (Å²) >= 11 is 0. The summed E-state index contributed by atoms with van der Waals surface area (Å²) in [6.45, 7) is 2.11. The molecule has 0 aliphatic heterocycles. The Bertz CT molecular complexity index is 678. The van der Waals surface area contributed by atoms with Crippen LogP contribution in [0.4, 0.5) is 11.6 Å². The average Bonchev–Trinajstić information content (AvgIpc) is 2.63. The van der Waals surface area contributed by atoms with Crippen molar-refractivity contribution < 1.29 is 4.79 Å². The Kier molecular flexibility index (Phi) is 5.41. The van der Waals surface area contributed by atoms with Gasteiger partial charge >= 0.3 is 0 Å². The van der Waals surface area contributed by atoms with Crippen molar-refractivity contribution >= 4 is 17.5 Å². The summed E-state index contributed by atoms with van der Waals surface area (Å²) in [6, 6.07) is 8.37. The number of aromatic nitrogens is 2. The average molecular weight is 324 g/mol. The highest BCUT2D eigenvalue weighted by molar-refractivity contribution is 5.93. The molecule has 24 heavy (non-hydrogen) atoms. The molecule has 0 radical (unpaired) electrons. The van der Waals surface area contributed by atoms with Gasteiger partial charge in [-0.3, -0.25) is 4.79 Å². The van der Waals surface area contributed by atoms with Crippen LogP contribution in [0.5, 0.6) is 0 Å². The lowest BCUT2D eigenvalue weighted by molar-refractivity contribution is 0.0927. The molecule has 1 aromatic carbocycles. The Hall–Kier alpha value is -2.43. The van der Waals surface area contributed by atoms with Gasteiger partial charge in [0.2, 0.25) is 5.95 Å². The molecule has 0 saturated heterocycles. The van der Waals surface area contributed by atoms with Gasteiger partial charge in [-0.05, 0) is 30.9 Å². The summed E-state index contributed by atoms with van der Waals surface area (Å²) in [5.74, 6) is 0.424. The minimum Gasteiger partial charge on any atom is -0.349 e. The predicted octanol–water partition coefficient (Wildman–Crippen LogP) is 3.85. The zero-order valence-electron chi connectivity index (χ0n) is 14.1. The van der Waals surface area contributed by atoms with E-state index < -0.39 is 0 Å². The second-order valence-electron chi connectivity index (χ2n) is 6.24. The first-order valence-electron chi connectivity index (χ1n) is 8.74. The maximum Gasteiger partial charge on any atom is 0.254 e. The van der Waals surface area contributed by atoms with Crippen LogP contribution < -0.4 is 10.6 Å². The molecule has 126 valence electrons. The third-order valence-corrected chi connectivity index (χ3v) is 4.50. The van der Waals surface area contributed by atoms with Crippen molar-refractivity contribution in [3.05, 3.63) is 47.8 Å². The molecule has 2 N–H and O–H groups in total. The van der Waals surface area contributed by atoms with Crippen molar-refractivity contribution in [3.63, 3.8) is 0 Å². The van der Waals surface area contributed by atoms with E-state index in [0.717, 1.165) is 24.9 Å². The van der Waals surface area contributed by atoms with Gasteiger partial charge in [-0.1, -0.05) is 44.4 Å². The second-order valence-corrected chi connectivity index (χ2v) is 6.24. The van der Waals surface area contributed by atoms with Gasteiger partial charge in [-0.15, -0.1) is 0 Å². The summed E-state index contributed by atoms with van der Waals surface area (Å²) in [6.07, 6.45) is 9.91. The fourth-order valence-electron chi connectivity index (χ4n) is 3.10. The van der Waals surface area contributed by atoms with Crippen molar-refractivity contribution in [1.82, 2.24) is 15.3 Å². The highest BCUT2D eigenvalue weighted by atomic mass is 16.1. The molecule has 5 heteroatoms. The number of carbonyl (C=O) groups excluding carboxylic acids is 1. The predicted molar refractivity (Wildman–Crippen MR) is 95.5 cm³/mol. The highest BCUT2D eigenvalue weighted by Crippen LogP contribution is 2.19. The van der Waals surface area contributed by atoms with Crippen LogP contribution in [-0.2, 0) is 6.42 Å². The van der Waals surface area contributed by atoms with Crippen LogP contribution in [0.2, 0.25) is 0 Å². The summed E-state index contributed by atoms with van der Waals surface area (Å²) in [5.41, 5.74) is 2.72. The lowest BCUT2D eigenvalue weighted by Crippen LogP contribution is -2.36. The molecule has 1 aromatic heterocycles. The van der Waals surface area contributed by atoms with Crippen molar-refractivity contribution in [1.29, 1.82) is 0 Å². The van der Waals surface area contributed by atoms with Gasteiger partial charge in [0.15, 0.2) is 0 Å². The van der Waals surface area contributed by atoms with Gasteiger partial charge in [0.1, 0.15) is 0 Å². The molecule has 1 amide bonds. The Morgan fingerprint density at radius 2 is 1.83 bits per heavy atom. The maximum atomic E-state index is 12.3. The van der Waals surface area contributed by atoms with Crippen molar-refractivity contribution in [2.24, 2.45) is 0 Å². The minimum atomic E-state index is -0.0811. The van der Waals surface area contributed by atoms with Crippen LogP contribution in [0.1, 0.15) is 54.9 Å². The number of nitrogens with zero attached hydrogens (tertiary/aromatic N) is 2. The van der Waals surface area contributed by atoms with Crippen molar-refractivity contribution in [3.8, 4) is 0 Å². The summed E-state index contributed by atoms with van der Waals surface area (Å²) in [5, 5.41) is 6.30. The first-order chi connectivity index (χ1) is 11.8. The number of hydrogen-bond acceptors (Lipinski definition) is 4. The lowest BCUT2D eigenvalue weighted by atomic mass is 9.95. The molecule has 0 bridgehead atoms. The van der Waals surface area contributed by atoms with E-state index in [1.165, 1.54) is 24.8 Å². The number of para-hydroxylation sites is 1. The second kappa shape index (κ2) is 7.90. The van der Waals surface area contributed by atoms with E-state index in [9.17, 15) is 4.79 Å². The zero-order valence-corrected chi connectivity index (χ0v) is 14.1. The van der Waals surface area contributed by atoms with E-state index >= 15 is 0 Å². The van der Waals surface area contributed by atoms with Gasteiger partial charge < -0.3 is 10.6 Å². The Morgan fingerprint density at radius 1 is 1.12 bits per heavy atom. The van der Waals surface area contributed by atoms with Gasteiger partial charge in [0, 0.05) is 24.1 Å². The third kappa shape index (κ3) is 4.10. The van der Waals surface area contributed by atoms with Gasteiger partial charge in [0.05, 0.1) is 5.56 Å². The van der Waals surface area contributed by atoms with Crippen LogP contribution >= 0.6 is 0 Å². The molecular formula is C19H24N4O. The van der Waals surface area contributed by atoms with Crippen LogP contribution in [0.3, 0.4) is 0 Å². The van der Waals surface area contributed by atoms with Crippen LogP contribution in [0.25, 0.3) is 0 Å². The van der Waals surface area contributed by atoms with Gasteiger partial charge in [-0.2, -0.15) is 0 Å². The number of aryl methyl sites for hydroxylation is 1. The normalized spacial score (nSPS) is 15.0. The monoisotopic (exact) mass is 324 g/mol. The fraction of sp³-hybridized carbons (Fsp3) is 0.421. The highest BCUT2D eigenvalue weighted by Gasteiger charge is 2.17. The molecule has 5 nitrogen and oxygen atoms in total. The van der Waals surface area contributed by atoms with E-state index in [2.05, 4.69) is 33.6 Å². The van der Waals surface area contributed by atoms with E-state index in [0.29, 0.717) is 17.6 Å². The number of anilines is 2. The van der Waals surface area contributed by atoms with Crippen molar-refractivity contribution in [2.75, 3.05) is 5.32 Å². The Morgan fingerprint density at radius 3 is 2.54 bits per heavy atom. The fourth-order valence-corrected chi connectivity index (χ4v) is 3.10. The maximum absolute atomic E-state index is 12.3. The Labute approximate surface area is 142 Å². The molecule has 1 saturated carbocycles. The minimum absolute atomic E-state index is 0.0811. The lowest BCUT2D eigenvalue weighted by Gasteiger charge is -2.22. The molecule has 1 fully saturated rings. The number of carbonyl (C=O) groups is 1. The third-order valence-electron chi connectivity index (χ3n) is 4.50. The molecule has 1 aliphatic carbocycles. The quantitative estimate of drug-likeness (QED) is 0.877.